The van der Waals surface area contributed by atoms with Crippen LogP contribution in [0.1, 0.15) is 29.0 Å². The number of fused-ring (bicyclic) bond motifs is 4. The van der Waals surface area contributed by atoms with Crippen LogP contribution in [0.2, 0.25) is 0 Å². The van der Waals surface area contributed by atoms with Crippen molar-refractivity contribution in [2.24, 2.45) is 0 Å². The number of hydrogen-bond acceptors (Lipinski definition) is 3. The molecule has 0 unspecified atom stereocenters. The number of aliphatic hydroxyl groups is 1. The fourth-order valence-electron chi connectivity index (χ4n) is 4.10. The molecule has 1 N–H and O–H groups in total. The molecule has 5 heteroatoms. The Morgan fingerprint density at radius 3 is 2.67 bits per heavy atom. The number of aryl methyl sites for hydroxylation is 1. The van der Waals surface area contributed by atoms with Crippen molar-refractivity contribution in [2.45, 2.75) is 25.0 Å². The van der Waals surface area contributed by atoms with Gasteiger partial charge in [0.05, 0.1) is 12.1 Å². The maximum absolute atomic E-state index is 13.1. The Morgan fingerprint density at radius 1 is 1.04 bits per heavy atom. The Morgan fingerprint density at radius 2 is 1.79 bits per heavy atom. The van der Waals surface area contributed by atoms with E-state index in [1.54, 1.807) is 30.3 Å². The third-order valence-corrected chi connectivity index (χ3v) is 5.15. The lowest BCUT2D eigenvalue weighted by Gasteiger charge is -2.34. The SMILES string of the molecule is O=C1c2ccccc2-n2c3[n+](c4ccccc4c2=O)CCC[C@@]13O. The molecule has 24 heavy (non-hydrogen) atoms. The number of Topliss-reactive ketones (excluding diaryl/α,β-unsaturated/α-hetero) is 1. The van der Waals surface area contributed by atoms with Gasteiger partial charge in [0.25, 0.3) is 0 Å². The van der Waals surface area contributed by atoms with Crippen molar-refractivity contribution in [2.75, 3.05) is 0 Å². The van der Waals surface area contributed by atoms with Crippen LogP contribution in [-0.2, 0) is 12.1 Å². The van der Waals surface area contributed by atoms with E-state index in [-0.39, 0.29) is 11.3 Å². The number of carbonyl (C=O) groups is 1. The number of rotatable bonds is 0. The highest BCUT2D eigenvalue weighted by molar-refractivity contribution is 6.06. The highest BCUT2D eigenvalue weighted by atomic mass is 16.3. The Bertz CT molecular complexity index is 1100. The second-order valence-electron chi connectivity index (χ2n) is 6.44. The quantitative estimate of drug-likeness (QED) is 0.638. The molecular formula is C19H15N2O3+. The molecule has 3 heterocycles. The average molecular weight is 319 g/mol. The topological polar surface area (TPSA) is 63.2 Å². The van der Waals surface area contributed by atoms with Crippen LogP contribution in [0.5, 0.6) is 0 Å². The Hall–Kier alpha value is -2.79. The average Bonchev–Trinajstić information content (AvgIpc) is 2.62. The van der Waals surface area contributed by atoms with Crippen molar-refractivity contribution >= 4 is 16.7 Å². The molecule has 2 aliphatic heterocycles. The van der Waals surface area contributed by atoms with E-state index in [0.717, 1.165) is 5.52 Å². The van der Waals surface area contributed by atoms with Crippen molar-refractivity contribution in [3.05, 3.63) is 70.3 Å². The van der Waals surface area contributed by atoms with E-state index in [1.807, 2.05) is 22.8 Å². The molecule has 0 saturated carbocycles. The zero-order valence-electron chi connectivity index (χ0n) is 12.9. The lowest BCUT2D eigenvalue weighted by Crippen LogP contribution is -2.60. The fraction of sp³-hybridized carbons (Fsp3) is 0.211. The molecule has 0 spiro atoms. The molecule has 3 aromatic rings. The van der Waals surface area contributed by atoms with Crippen molar-refractivity contribution < 1.29 is 14.5 Å². The van der Waals surface area contributed by atoms with Crippen LogP contribution in [0.15, 0.2) is 53.3 Å². The van der Waals surface area contributed by atoms with Gasteiger partial charge in [-0.15, -0.1) is 0 Å². The third-order valence-electron chi connectivity index (χ3n) is 5.15. The molecule has 0 fully saturated rings. The van der Waals surface area contributed by atoms with Crippen molar-refractivity contribution in [1.29, 1.82) is 0 Å². The maximum atomic E-state index is 13.1. The van der Waals surface area contributed by atoms with Crippen molar-refractivity contribution in [1.82, 2.24) is 4.57 Å². The molecule has 2 aromatic carbocycles. The van der Waals surface area contributed by atoms with Crippen molar-refractivity contribution in [3.63, 3.8) is 0 Å². The van der Waals surface area contributed by atoms with E-state index in [0.29, 0.717) is 41.8 Å². The summed E-state index contributed by atoms with van der Waals surface area (Å²) in [4.78, 5) is 26.1. The van der Waals surface area contributed by atoms with Gasteiger partial charge >= 0.3 is 11.4 Å². The van der Waals surface area contributed by atoms with Crippen LogP contribution in [-0.4, -0.2) is 15.5 Å². The van der Waals surface area contributed by atoms with Crippen LogP contribution in [0, 0.1) is 0 Å². The minimum absolute atomic E-state index is 0.197. The molecule has 0 bridgehead atoms. The van der Waals surface area contributed by atoms with Gasteiger partial charge in [0.1, 0.15) is 16.6 Å². The van der Waals surface area contributed by atoms with Gasteiger partial charge in [-0.25, -0.2) is 9.36 Å². The summed E-state index contributed by atoms with van der Waals surface area (Å²) in [6.07, 6.45) is 1.02. The molecular weight excluding hydrogens is 304 g/mol. The Balaban J connectivity index is 2.08. The van der Waals surface area contributed by atoms with Gasteiger partial charge in [-0.3, -0.25) is 4.79 Å². The third kappa shape index (κ3) is 1.45. The van der Waals surface area contributed by atoms with Gasteiger partial charge in [-0.1, -0.05) is 24.3 Å². The predicted octanol–water partition coefficient (Wildman–Crippen LogP) is 1.46. The van der Waals surface area contributed by atoms with Gasteiger partial charge in [0, 0.05) is 0 Å². The molecule has 5 nitrogen and oxygen atoms in total. The zero-order chi connectivity index (χ0) is 16.5. The van der Waals surface area contributed by atoms with E-state index >= 15 is 0 Å². The van der Waals surface area contributed by atoms with E-state index in [4.69, 9.17) is 0 Å². The number of nitrogens with zero attached hydrogens (tertiary/aromatic N) is 2. The molecule has 0 amide bonds. The molecule has 5 rings (SSSR count). The first-order valence-electron chi connectivity index (χ1n) is 8.07. The first-order chi connectivity index (χ1) is 11.6. The molecule has 1 aromatic heterocycles. The van der Waals surface area contributed by atoms with E-state index in [1.165, 1.54) is 4.57 Å². The van der Waals surface area contributed by atoms with Crippen LogP contribution in [0.3, 0.4) is 0 Å². The standard InChI is InChI=1S/C19H15N2O3/c22-16-12-6-1-4-9-15(12)21-17(23)13-7-2-3-8-14(13)20-11-5-10-19(16,24)18(20)21/h1-4,6-9,24H,5,10-11H2/q+1/t19-/m1/s1. The number of para-hydroxylation sites is 2. The highest BCUT2D eigenvalue weighted by Crippen LogP contribution is 2.38. The summed E-state index contributed by atoms with van der Waals surface area (Å²) in [7, 11) is 0. The molecule has 0 aliphatic carbocycles. The fourth-order valence-corrected chi connectivity index (χ4v) is 4.10. The number of aromatic nitrogens is 2. The molecule has 1 atom stereocenters. The largest absolute Gasteiger partial charge is 0.371 e. The summed E-state index contributed by atoms with van der Waals surface area (Å²) in [6, 6.07) is 14.4. The lowest BCUT2D eigenvalue weighted by molar-refractivity contribution is -0.696. The maximum Gasteiger partial charge on any atom is 0.350 e. The van der Waals surface area contributed by atoms with Crippen LogP contribution in [0.25, 0.3) is 16.6 Å². The second kappa shape index (κ2) is 4.39. The minimum Gasteiger partial charge on any atom is -0.371 e. The summed E-state index contributed by atoms with van der Waals surface area (Å²) in [6.45, 7) is 0.674. The number of ketones is 1. The smallest absolute Gasteiger partial charge is 0.350 e. The summed E-state index contributed by atoms with van der Waals surface area (Å²) in [5.74, 6) is 0.0716. The highest BCUT2D eigenvalue weighted by Gasteiger charge is 2.55. The van der Waals surface area contributed by atoms with Gasteiger partial charge in [0.2, 0.25) is 11.4 Å². The zero-order valence-corrected chi connectivity index (χ0v) is 12.9. The van der Waals surface area contributed by atoms with Crippen molar-refractivity contribution in [3.8, 4) is 5.69 Å². The lowest BCUT2D eigenvalue weighted by atomic mass is 9.81. The summed E-state index contributed by atoms with van der Waals surface area (Å²) in [5.41, 5.74) is -0.126. The van der Waals surface area contributed by atoms with Gasteiger partial charge in [0.15, 0.2) is 0 Å². The number of benzene rings is 2. The van der Waals surface area contributed by atoms with Gasteiger partial charge < -0.3 is 5.11 Å². The molecule has 0 saturated heterocycles. The molecule has 2 aliphatic rings. The summed E-state index contributed by atoms with van der Waals surface area (Å²) >= 11 is 0. The molecule has 0 radical (unpaired) electrons. The number of carbonyl (C=O) groups excluding carboxylic acids is 1. The predicted molar refractivity (Wildman–Crippen MR) is 87.2 cm³/mol. The van der Waals surface area contributed by atoms with Crippen LogP contribution < -0.4 is 10.1 Å². The van der Waals surface area contributed by atoms with Gasteiger partial charge in [-0.05, 0) is 37.1 Å². The summed E-state index contributed by atoms with van der Waals surface area (Å²) < 4.78 is 3.45. The second-order valence-corrected chi connectivity index (χ2v) is 6.44. The first kappa shape index (κ1) is 13.6. The minimum atomic E-state index is -1.64. The monoisotopic (exact) mass is 319 g/mol. The van der Waals surface area contributed by atoms with Crippen LogP contribution in [0.4, 0.5) is 0 Å². The van der Waals surface area contributed by atoms with Crippen LogP contribution >= 0.6 is 0 Å². The first-order valence-corrected chi connectivity index (χ1v) is 8.07. The van der Waals surface area contributed by atoms with E-state index < -0.39 is 5.60 Å². The van der Waals surface area contributed by atoms with E-state index in [9.17, 15) is 14.7 Å². The van der Waals surface area contributed by atoms with Gasteiger partial charge in [-0.2, -0.15) is 4.57 Å². The number of hydrogen-bond donors (Lipinski definition) is 1. The summed E-state index contributed by atoms with van der Waals surface area (Å²) in [5, 5.41) is 11.8. The molecule has 118 valence electrons. The Kier molecular flexibility index (Phi) is 2.49. The Labute approximate surface area is 137 Å². The normalized spacial score (nSPS) is 21.5. The van der Waals surface area contributed by atoms with E-state index in [2.05, 4.69) is 0 Å².